The predicted octanol–water partition coefficient (Wildman–Crippen LogP) is 2.38. The largest absolute Gasteiger partial charge is 0.481 e. The van der Waals surface area contributed by atoms with Crippen LogP contribution >= 0.6 is 0 Å². The van der Waals surface area contributed by atoms with Gasteiger partial charge in [0.15, 0.2) is 0 Å². The molecule has 1 heterocycles. The molecule has 1 aliphatic carbocycles. The third kappa shape index (κ3) is 4.46. The van der Waals surface area contributed by atoms with Gasteiger partial charge in [0.25, 0.3) is 0 Å². The van der Waals surface area contributed by atoms with Crippen molar-refractivity contribution in [3.05, 3.63) is 0 Å². The second-order valence-electron chi connectivity index (χ2n) is 6.17. The molecule has 0 spiro atoms. The number of hydrogen-bond donors (Lipinski definition) is 1. The lowest BCUT2D eigenvalue weighted by Gasteiger charge is -2.34. The molecule has 2 aliphatic rings. The van der Waals surface area contributed by atoms with Crippen molar-refractivity contribution in [2.24, 2.45) is 11.8 Å². The van der Waals surface area contributed by atoms with E-state index in [4.69, 9.17) is 9.84 Å². The standard InChI is InChI=1S/C15H27NO3/c1-16(9-6-12-7-10-19-11-8-12)14-4-2-13(3-5-14)15(17)18/h12-14H,2-11H2,1H3,(H,17,18). The summed E-state index contributed by atoms with van der Waals surface area (Å²) >= 11 is 0. The first kappa shape index (κ1) is 14.8. The first-order chi connectivity index (χ1) is 9.16. The molecule has 0 unspecified atom stereocenters. The van der Waals surface area contributed by atoms with Gasteiger partial charge in [-0.2, -0.15) is 0 Å². The zero-order valence-corrected chi connectivity index (χ0v) is 12.0. The second kappa shape index (κ2) is 7.25. The molecule has 1 saturated heterocycles. The van der Waals surface area contributed by atoms with E-state index in [1.807, 2.05) is 0 Å². The van der Waals surface area contributed by atoms with Gasteiger partial charge in [-0.15, -0.1) is 0 Å². The van der Waals surface area contributed by atoms with Gasteiger partial charge in [-0.1, -0.05) is 0 Å². The van der Waals surface area contributed by atoms with E-state index in [1.165, 1.54) is 19.3 Å². The van der Waals surface area contributed by atoms with Gasteiger partial charge in [-0.05, 0) is 64.5 Å². The molecule has 0 radical (unpaired) electrons. The SMILES string of the molecule is CN(CCC1CCOCC1)C1CCC(C(=O)O)CC1. The van der Waals surface area contributed by atoms with Gasteiger partial charge in [0, 0.05) is 19.3 Å². The molecule has 0 bridgehead atoms. The van der Waals surface area contributed by atoms with Crippen LogP contribution in [-0.4, -0.2) is 48.8 Å². The highest BCUT2D eigenvalue weighted by atomic mass is 16.5. The smallest absolute Gasteiger partial charge is 0.306 e. The molecule has 4 heteroatoms. The molecular formula is C15H27NO3. The van der Waals surface area contributed by atoms with Crippen LogP contribution in [0.3, 0.4) is 0 Å². The van der Waals surface area contributed by atoms with E-state index >= 15 is 0 Å². The normalized spacial score (nSPS) is 29.6. The Balaban J connectivity index is 1.66. The highest BCUT2D eigenvalue weighted by Gasteiger charge is 2.28. The minimum Gasteiger partial charge on any atom is -0.481 e. The zero-order chi connectivity index (χ0) is 13.7. The fourth-order valence-corrected chi connectivity index (χ4v) is 3.37. The topological polar surface area (TPSA) is 49.8 Å². The second-order valence-corrected chi connectivity index (χ2v) is 6.17. The summed E-state index contributed by atoms with van der Waals surface area (Å²) in [6, 6.07) is 0.593. The molecule has 2 fully saturated rings. The molecule has 0 aromatic carbocycles. The maximum Gasteiger partial charge on any atom is 0.306 e. The Morgan fingerprint density at radius 1 is 1.16 bits per heavy atom. The minimum atomic E-state index is -0.608. The number of carbonyl (C=O) groups is 1. The van der Waals surface area contributed by atoms with E-state index in [0.29, 0.717) is 6.04 Å². The van der Waals surface area contributed by atoms with Gasteiger partial charge in [0.2, 0.25) is 0 Å². The fourth-order valence-electron chi connectivity index (χ4n) is 3.37. The zero-order valence-electron chi connectivity index (χ0n) is 12.0. The van der Waals surface area contributed by atoms with Crippen LogP contribution in [0.5, 0.6) is 0 Å². The molecule has 0 amide bonds. The Labute approximate surface area is 116 Å². The van der Waals surface area contributed by atoms with E-state index in [-0.39, 0.29) is 5.92 Å². The van der Waals surface area contributed by atoms with Gasteiger partial charge in [0.05, 0.1) is 5.92 Å². The molecule has 4 nitrogen and oxygen atoms in total. The summed E-state index contributed by atoms with van der Waals surface area (Å²) in [5.74, 6) is 0.120. The van der Waals surface area contributed by atoms with Crippen molar-refractivity contribution in [1.82, 2.24) is 4.90 Å². The average molecular weight is 269 g/mol. The number of ether oxygens (including phenoxy) is 1. The van der Waals surface area contributed by atoms with Crippen molar-refractivity contribution < 1.29 is 14.6 Å². The van der Waals surface area contributed by atoms with E-state index < -0.39 is 5.97 Å². The van der Waals surface area contributed by atoms with Gasteiger partial charge >= 0.3 is 5.97 Å². The average Bonchev–Trinajstić information content (AvgIpc) is 2.46. The van der Waals surface area contributed by atoms with Crippen LogP contribution in [0.25, 0.3) is 0 Å². The predicted molar refractivity (Wildman–Crippen MR) is 74.2 cm³/mol. The van der Waals surface area contributed by atoms with Gasteiger partial charge in [-0.25, -0.2) is 0 Å². The van der Waals surface area contributed by atoms with Crippen molar-refractivity contribution in [3.8, 4) is 0 Å². The van der Waals surface area contributed by atoms with Crippen LogP contribution in [0.2, 0.25) is 0 Å². The summed E-state index contributed by atoms with van der Waals surface area (Å²) in [6.07, 6.45) is 7.46. The summed E-state index contributed by atoms with van der Waals surface area (Å²) in [5.41, 5.74) is 0. The van der Waals surface area contributed by atoms with Crippen molar-refractivity contribution >= 4 is 5.97 Å². The number of carboxylic acid groups (broad SMARTS) is 1. The van der Waals surface area contributed by atoms with Crippen molar-refractivity contribution in [2.75, 3.05) is 26.8 Å². The highest BCUT2D eigenvalue weighted by molar-refractivity contribution is 5.70. The highest BCUT2D eigenvalue weighted by Crippen LogP contribution is 2.28. The number of rotatable bonds is 5. The molecule has 1 N–H and O–H groups in total. The van der Waals surface area contributed by atoms with Crippen molar-refractivity contribution in [1.29, 1.82) is 0 Å². The molecule has 2 rings (SSSR count). The summed E-state index contributed by atoms with van der Waals surface area (Å²) in [5, 5.41) is 9.01. The van der Waals surface area contributed by atoms with Crippen molar-refractivity contribution in [2.45, 2.75) is 51.0 Å². The number of hydrogen-bond acceptors (Lipinski definition) is 3. The van der Waals surface area contributed by atoms with Crippen LogP contribution in [-0.2, 0) is 9.53 Å². The molecular weight excluding hydrogens is 242 g/mol. The number of carboxylic acids is 1. The lowest BCUT2D eigenvalue weighted by molar-refractivity contribution is -0.143. The Bertz CT molecular complexity index is 281. The summed E-state index contributed by atoms with van der Waals surface area (Å²) in [6.45, 7) is 3.00. The monoisotopic (exact) mass is 269 g/mol. The van der Waals surface area contributed by atoms with Crippen LogP contribution < -0.4 is 0 Å². The Morgan fingerprint density at radius 2 is 1.79 bits per heavy atom. The van der Waals surface area contributed by atoms with Crippen LogP contribution in [0, 0.1) is 11.8 Å². The van der Waals surface area contributed by atoms with E-state index in [9.17, 15) is 4.79 Å². The van der Waals surface area contributed by atoms with Gasteiger partial charge in [-0.3, -0.25) is 4.79 Å². The van der Waals surface area contributed by atoms with Crippen LogP contribution in [0.4, 0.5) is 0 Å². The van der Waals surface area contributed by atoms with E-state index in [1.54, 1.807) is 0 Å². The van der Waals surface area contributed by atoms with Gasteiger partial charge in [0.1, 0.15) is 0 Å². The first-order valence-corrected chi connectivity index (χ1v) is 7.67. The number of aliphatic carboxylic acids is 1. The molecule has 0 aromatic rings. The number of nitrogens with zero attached hydrogens (tertiary/aromatic N) is 1. The molecule has 1 aliphatic heterocycles. The lowest BCUT2D eigenvalue weighted by atomic mass is 9.85. The van der Waals surface area contributed by atoms with Crippen LogP contribution in [0.1, 0.15) is 44.9 Å². The quantitative estimate of drug-likeness (QED) is 0.832. The van der Waals surface area contributed by atoms with E-state index in [0.717, 1.165) is 51.4 Å². The van der Waals surface area contributed by atoms with E-state index in [2.05, 4.69) is 11.9 Å². The summed E-state index contributed by atoms with van der Waals surface area (Å²) < 4.78 is 5.39. The van der Waals surface area contributed by atoms with Gasteiger partial charge < -0.3 is 14.7 Å². The summed E-state index contributed by atoms with van der Waals surface area (Å²) in [4.78, 5) is 13.4. The maximum absolute atomic E-state index is 10.9. The molecule has 0 atom stereocenters. The fraction of sp³-hybridized carbons (Fsp3) is 0.933. The molecule has 1 saturated carbocycles. The maximum atomic E-state index is 10.9. The third-order valence-electron chi connectivity index (χ3n) is 4.90. The lowest BCUT2D eigenvalue weighted by Crippen LogP contribution is -2.37. The Morgan fingerprint density at radius 3 is 2.37 bits per heavy atom. The Kier molecular flexibility index (Phi) is 5.64. The minimum absolute atomic E-state index is 0.0971. The molecule has 110 valence electrons. The first-order valence-electron chi connectivity index (χ1n) is 7.67. The van der Waals surface area contributed by atoms with Crippen LogP contribution in [0.15, 0.2) is 0 Å². The third-order valence-corrected chi connectivity index (χ3v) is 4.90. The van der Waals surface area contributed by atoms with Crippen molar-refractivity contribution in [3.63, 3.8) is 0 Å². The molecule has 19 heavy (non-hydrogen) atoms. The summed E-state index contributed by atoms with van der Waals surface area (Å²) in [7, 11) is 2.20. The molecule has 0 aromatic heterocycles. The Hall–Kier alpha value is -0.610.